The van der Waals surface area contributed by atoms with E-state index in [1.165, 1.54) is 68.3 Å². The molecule has 116 valence electrons. The van der Waals surface area contributed by atoms with Gasteiger partial charge in [-0.3, -0.25) is 4.90 Å². The number of nitrogens with zero attached hydrogens (tertiary/aromatic N) is 1. The highest BCUT2D eigenvalue weighted by molar-refractivity contribution is 9.10. The summed E-state index contributed by atoms with van der Waals surface area (Å²) < 4.78 is 1.17. The lowest BCUT2D eigenvalue weighted by atomic mass is 9.74. The van der Waals surface area contributed by atoms with E-state index in [9.17, 15) is 0 Å². The van der Waals surface area contributed by atoms with Crippen LogP contribution in [0.5, 0.6) is 0 Å². The Morgan fingerprint density at radius 1 is 1.24 bits per heavy atom. The molecule has 2 aliphatic rings. The van der Waals surface area contributed by atoms with Crippen molar-refractivity contribution in [3.63, 3.8) is 0 Å². The van der Waals surface area contributed by atoms with Gasteiger partial charge in [-0.2, -0.15) is 0 Å². The quantitative estimate of drug-likeness (QED) is 0.870. The monoisotopic (exact) mass is 350 g/mol. The topological polar surface area (TPSA) is 15.3 Å². The summed E-state index contributed by atoms with van der Waals surface area (Å²) in [6.45, 7) is 7.30. The Morgan fingerprint density at radius 2 is 2.00 bits per heavy atom. The molecule has 0 bridgehead atoms. The van der Waals surface area contributed by atoms with Crippen LogP contribution in [0.25, 0.3) is 0 Å². The van der Waals surface area contributed by atoms with Gasteiger partial charge in [0.05, 0.1) is 0 Å². The van der Waals surface area contributed by atoms with Crippen LogP contribution in [0.2, 0.25) is 0 Å². The predicted molar refractivity (Wildman–Crippen MR) is 92.5 cm³/mol. The molecule has 1 spiro atoms. The van der Waals surface area contributed by atoms with Gasteiger partial charge in [0.15, 0.2) is 0 Å². The maximum absolute atomic E-state index is 3.64. The summed E-state index contributed by atoms with van der Waals surface area (Å²) in [6.07, 6.45) is 6.73. The molecule has 0 saturated carbocycles. The molecule has 2 unspecified atom stereocenters. The SMILES string of the molecule is CCC(c1ccc(Br)cc1)N1CCCC2(CCCNC2)C1. The zero-order valence-corrected chi connectivity index (χ0v) is 14.7. The summed E-state index contributed by atoms with van der Waals surface area (Å²) in [5.41, 5.74) is 2.01. The largest absolute Gasteiger partial charge is 0.316 e. The lowest BCUT2D eigenvalue weighted by Crippen LogP contribution is -2.51. The summed E-state index contributed by atoms with van der Waals surface area (Å²) >= 11 is 3.55. The summed E-state index contributed by atoms with van der Waals surface area (Å²) in [6, 6.07) is 9.52. The first-order chi connectivity index (χ1) is 10.2. The Morgan fingerprint density at radius 3 is 2.67 bits per heavy atom. The van der Waals surface area contributed by atoms with Crippen LogP contribution in [0.3, 0.4) is 0 Å². The summed E-state index contributed by atoms with van der Waals surface area (Å²) in [5.74, 6) is 0. The van der Waals surface area contributed by atoms with E-state index in [4.69, 9.17) is 0 Å². The third-order valence-corrected chi connectivity index (χ3v) is 5.86. The third-order valence-electron chi connectivity index (χ3n) is 5.33. The maximum atomic E-state index is 3.64. The van der Waals surface area contributed by atoms with Crippen LogP contribution in [0.15, 0.2) is 28.7 Å². The molecule has 0 aromatic heterocycles. The molecule has 0 radical (unpaired) electrons. The summed E-state index contributed by atoms with van der Waals surface area (Å²) in [5, 5.41) is 3.64. The van der Waals surface area contributed by atoms with Gasteiger partial charge in [-0.15, -0.1) is 0 Å². The number of rotatable bonds is 3. The lowest BCUT2D eigenvalue weighted by Gasteiger charge is -2.48. The second-order valence-electron chi connectivity index (χ2n) is 6.83. The molecule has 3 rings (SSSR count). The molecule has 3 heteroatoms. The smallest absolute Gasteiger partial charge is 0.0345 e. The molecule has 1 N–H and O–H groups in total. The standard InChI is InChI=1S/C18H27BrN2/c1-2-17(15-5-7-16(19)8-6-15)21-12-4-10-18(14-21)9-3-11-20-13-18/h5-8,17,20H,2-4,9-14H2,1H3. The minimum atomic E-state index is 0.541. The van der Waals surface area contributed by atoms with Crippen LogP contribution in [-0.4, -0.2) is 31.1 Å². The fraction of sp³-hybridized carbons (Fsp3) is 0.667. The van der Waals surface area contributed by atoms with Crippen molar-refractivity contribution in [1.29, 1.82) is 0 Å². The van der Waals surface area contributed by atoms with Crippen molar-refractivity contribution in [2.45, 2.75) is 45.1 Å². The van der Waals surface area contributed by atoms with E-state index < -0.39 is 0 Å². The van der Waals surface area contributed by atoms with E-state index in [2.05, 4.69) is 57.3 Å². The summed E-state index contributed by atoms with van der Waals surface area (Å²) in [7, 11) is 0. The Labute approximate surface area is 137 Å². The average Bonchev–Trinajstić information content (AvgIpc) is 2.51. The van der Waals surface area contributed by atoms with Gasteiger partial charge in [0.25, 0.3) is 0 Å². The van der Waals surface area contributed by atoms with Crippen molar-refractivity contribution >= 4 is 15.9 Å². The lowest BCUT2D eigenvalue weighted by molar-refractivity contribution is 0.0356. The zero-order chi connectivity index (χ0) is 14.7. The molecule has 2 fully saturated rings. The number of nitrogens with one attached hydrogen (secondary N) is 1. The normalized spacial score (nSPS) is 28.7. The van der Waals surface area contributed by atoms with Gasteiger partial charge >= 0.3 is 0 Å². The van der Waals surface area contributed by atoms with Gasteiger partial charge in [-0.05, 0) is 68.3 Å². The van der Waals surface area contributed by atoms with Crippen molar-refractivity contribution in [2.75, 3.05) is 26.2 Å². The van der Waals surface area contributed by atoms with Gasteiger partial charge < -0.3 is 5.32 Å². The highest BCUT2D eigenvalue weighted by Crippen LogP contribution is 2.39. The molecule has 2 aliphatic heterocycles. The second-order valence-corrected chi connectivity index (χ2v) is 7.75. The average molecular weight is 351 g/mol. The Hall–Kier alpha value is -0.380. The second kappa shape index (κ2) is 6.80. The first kappa shape index (κ1) is 15.5. The molecular weight excluding hydrogens is 324 g/mol. The van der Waals surface area contributed by atoms with Crippen LogP contribution in [0.4, 0.5) is 0 Å². The fourth-order valence-electron chi connectivity index (χ4n) is 4.28. The summed E-state index contributed by atoms with van der Waals surface area (Å²) in [4.78, 5) is 2.75. The van der Waals surface area contributed by atoms with Crippen molar-refractivity contribution in [3.8, 4) is 0 Å². The molecule has 2 saturated heterocycles. The Bertz CT molecular complexity index is 445. The van der Waals surface area contributed by atoms with Crippen LogP contribution in [0, 0.1) is 5.41 Å². The first-order valence-electron chi connectivity index (χ1n) is 8.43. The van der Waals surface area contributed by atoms with Gasteiger partial charge in [-0.25, -0.2) is 0 Å². The van der Waals surface area contributed by atoms with Gasteiger partial charge in [-0.1, -0.05) is 35.0 Å². The van der Waals surface area contributed by atoms with Gasteiger partial charge in [0.1, 0.15) is 0 Å². The molecule has 1 aromatic rings. The van der Waals surface area contributed by atoms with Crippen LogP contribution in [0.1, 0.15) is 50.6 Å². The molecule has 2 atom stereocenters. The minimum Gasteiger partial charge on any atom is -0.316 e. The van der Waals surface area contributed by atoms with Crippen molar-refractivity contribution < 1.29 is 0 Å². The van der Waals surface area contributed by atoms with Crippen molar-refractivity contribution in [1.82, 2.24) is 10.2 Å². The number of likely N-dealkylation sites (tertiary alicyclic amines) is 1. The first-order valence-corrected chi connectivity index (χ1v) is 9.22. The zero-order valence-electron chi connectivity index (χ0n) is 13.1. The number of hydrogen-bond acceptors (Lipinski definition) is 2. The molecule has 0 amide bonds. The van der Waals surface area contributed by atoms with Crippen molar-refractivity contribution in [2.24, 2.45) is 5.41 Å². The molecular formula is C18H27BrN2. The van der Waals surface area contributed by atoms with Gasteiger partial charge in [0.2, 0.25) is 0 Å². The number of benzene rings is 1. The molecule has 0 aliphatic carbocycles. The third kappa shape index (κ3) is 3.52. The van der Waals surface area contributed by atoms with Crippen LogP contribution >= 0.6 is 15.9 Å². The number of hydrogen-bond donors (Lipinski definition) is 1. The Kier molecular flexibility index (Phi) is 5.03. The van der Waals surface area contributed by atoms with Crippen LogP contribution < -0.4 is 5.32 Å². The van der Waals surface area contributed by atoms with E-state index in [1.54, 1.807) is 0 Å². The molecule has 2 nitrogen and oxygen atoms in total. The fourth-order valence-corrected chi connectivity index (χ4v) is 4.54. The highest BCUT2D eigenvalue weighted by atomic mass is 79.9. The van der Waals surface area contributed by atoms with E-state index in [0.29, 0.717) is 11.5 Å². The van der Waals surface area contributed by atoms with E-state index in [1.807, 2.05) is 0 Å². The molecule has 2 heterocycles. The van der Waals surface area contributed by atoms with E-state index in [0.717, 1.165) is 0 Å². The van der Waals surface area contributed by atoms with E-state index in [-0.39, 0.29) is 0 Å². The Balaban J connectivity index is 1.75. The number of halogens is 1. The molecule has 21 heavy (non-hydrogen) atoms. The highest BCUT2D eigenvalue weighted by Gasteiger charge is 2.38. The minimum absolute atomic E-state index is 0.541. The van der Waals surface area contributed by atoms with Crippen LogP contribution in [-0.2, 0) is 0 Å². The van der Waals surface area contributed by atoms with Crippen molar-refractivity contribution in [3.05, 3.63) is 34.3 Å². The van der Waals surface area contributed by atoms with Gasteiger partial charge in [0, 0.05) is 23.6 Å². The molecule has 1 aromatic carbocycles. The number of piperidine rings is 2. The predicted octanol–water partition coefficient (Wildman–Crippen LogP) is 4.37. The van der Waals surface area contributed by atoms with E-state index >= 15 is 0 Å². The maximum Gasteiger partial charge on any atom is 0.0345 e.